The van der Waals surface area contributed by atoms with Crippen molar-refractivity contribution in [3.63, 3.8) is 0 Å². The number of halogens is 1. The molecule has 1 atom stereocenters. The van der Waals surface area contributed by atoms with Crippen LogP contribution in [0.15, 0.2) is 0 Å². The minimum Gasteiger partial charge on any atom is -0.385 e. The second-order valence-electron chi connectivity index (χ2n) is 4.12. The van der Waals surface area contributed by atoms with E-state index >= 15 is 0 Å². The van der Waals surface area contributed by atoms with Gasteiger partial charge < -0.3 is 19.7 Å². The number of ether oxygens (including phenoxy) is 2. The highest BCUT2D eigenvalue weighted by Gasteiger charge is 2.19. The summed E-state index contributed by atoms with van der Waals surface area (Å²) in [5.41, 5.74) is 0. The molecule has 1 amide bonds. The maximum atomic E-state index is 12.1. The fourth-order valence-electron chi connectivity index (χ4n) is 1.64. The van der Waals surface area contributed by atoms with Gasteiger partial charge in [-0.2, -0.15) is 0 Å². The molecule has 5 nitrogen and oxygen atoms in total. The van der Waals surface area contributed by atoms with Gasteiger partial charge in [0.05, 0.1) is 6.61 Å². The number of amides is 1. The van der Waals surface area contributed by atoms with Crippen molar-refractivity contribution in [2.75, 3.05) is 54.1 Å². The molecule has 0 heterocycles. The van der Waals surface area contributed by atoms with Crippen LogP contribution in [0.3, 0.4) is 0 Å². The van der Waals surface area contributed by atoms with Crippen molar-refractivity contribution in [1.82, 2.24) is 10.2 Å². The summed E-state index contributed by atoms with van der Waals surface area (Å²) in [6.45, 7) is 5.26. The summed E-state index contributed by atoms with van der Waals surface area (Å²) in [5.74, 6) is 0.173. The van der Waals surface area contributed by atoms with Crippen LogP contribution in [-0.2, 0) is 14.3 Å². The number of hydrogen-bond donors (Lipinski definition) is 1. The largest absolute Gasteiger partial charge is 0.385 e. The molecule has 0 aliphatic heterocycles. The third-order valence-corrected chi connectivity index (χ3v) is 2.59. The van der Waals surface area contributed by atoms with Crippen LogP contribution in [0.4, 0.5) is 0 Å². The van der Waals surface area contributed by atoms with Crippen LogP contribution in [0.5, 0.6) is 0 Å². The molecule has 18 heavy (non-hydrogen) atoms. The molecule has 0 saturated heterocycles. The molecule has 0 aromatic heterocycles. The van der Waals surface area contributed by atoms with Gasteiger partial charge in [0.25, 0.3) is 0 Å². The zero-order valence-electron chi connectivity index (χ0n) is 11.9. The Morgan fingerprint density at radius 1 is 1.22 bits per heavy atom. The van der Waals surface area contributed by atoms with Gasteiger partial charge in [0, 0.05) is 46.4 Å². The molecule has 0 bridgehead atoms. The summed E-state index contributed by atoms with van der Waals surface area (Å²) >= 11 is 0. The molecule has 0 aromatic carbocycles. The predicted octanol–water partition coefficient (Wildman–Crippen LogP) is 0.775. The Bertz CT molecular complexity index is 206. The maximum Gasteiger partial charge on any atom is 0.226 e. The monoisotopic (exact) mass is 282 g/mol. The Morgan fingerprint density at radius 3 is 2.33 bits per heavy atom. The van der Waals surface area contributed by atoms with Crippen molar-refractivity contribution in [2.24, 2.45) is 5.92 Å². The van der Waals surface area contributed by atoms with Crippen LogP contribution in [0.25, 0.3) is 0 Å². The average Bonchev–Trinajstić information content (AvgIpc) is 2.33. The SMILES string of the molecule is CNCC(C)C(=O)N(CCCOC)CCOC.Cl. The van der Waals surface area contributed by atoms with Crippen LogP contribution in [0, 0.1) is 5.92 Å². The third-order valence-electron chi connectivity index (χ3n) is 2.59. The lowest BCUT2D eigenvalue weighted by Crippen LogP contribution is -2.41. The molecule has 0 rings (SSSR count). The van der Waals surface area contributed by atoms with Crippen LogP contribution < -0.4 is 5.32 Å². The summed E-state index contributed by atoms with van der Waals surface area (Å²) in [7, 11) is 5.17. The molecule has 6 heteroatoms. The van der Waals surface area contributed by atoms with Crippen LogP contribution in [0.1, 0.15) is 13.3 Å². The summed E-state index contributed by atoms with van der Waals surface area (Å²) in [6, 6.07) is 0. The van der Waals surface area contributed by atoms with E-state index in [1.54, 1.807) is 14.2 Å². The standard InChI is InChI=1S/C12H26N2O3.ClH/c1-11(10-13-2)12(15)14(7-9-17-4)6-5-8-16-3;/h11,13H,5-10H2,1-4H3;1H. The lowest BCUT2D eigenvalue weighted by atomic mass is 10.1. The molecule has 0 aliphatic carbocycles. The Hall–Kier alpha value is -0.360. The number of nitrogens with zero attached hydrogens (tertiary/aromatic N) is 1. The van der Waals surface area contributed by atoms with Crippen molar-refractivity contribution >= 4 is 18.3 Å². The van der Waals surface area contributed by atoms with Gasteiger partial charge in [-0.15, -0.1) is 12.4 Å². The normalized spacial score (nSPS) is 11.8. The summed E-state index contributed by atoms with van der Waals surface area (Å²) < 4.78 is 10.0. The fourth-order valence-corrected chi connectivity index (χ4v) is 1.64. The average molecular weight is 283 g/mol. The first-order valence-electron chi connectivity index (χ1n) is 6.08. The number of rotatable bonds is 10. The van der Waals surface area contributed by atoms with Crippen molar-refractivity contribution in [3.05, 3.63) is 0 Å². The van der Waals surface area contributed by atoms with Crippen molar-refractivity contribution in [2.45, 2.75) is 13.3 Å². The van der Waals surface area contributed by atoms with Gasteiger partial charge in [-0.1, -0.05) is 6.92 Å². The van der Waals surface area contributed by atoms with Gasteiger partial charge >= 0.3 is 0 Å². The van der Waals surface area contributed by atoms with E-state index in [9.17, 15) is 4.79 Å². The smallest absolute Gasteiger partial charge is 0.226 e. The molecule has 0 fully saturated rings. The molecular formula is C12H27ClN2O3. The molecular weight excluding hydrogens is 256 g/mol. The van der Waals surface area contributed by atoms with Crippen molar-refractivity contribution < 1.29 is 14.3 Å². The molecule has 0 radical (unpaired) electrons. The molecule has 1 unspecified atom stereocenters. The highest BCUT2D eigenvalue weighted by molar-refractivity contribution is 5.85. The first-order chi connectivity index (χ1) is 8.17. The van der Waals surface area contributed by atoms with E-state index in [2.05, 4.69) is 5.32 Å². The molecule has 0 aromatic rings. The Balaban J connectivity index is 0. The zero-order valence-corrected chi connectivity index (χ0v) is 12.7. The first kappa shape index (κ1) is 20.0. The number of nitrogens with one attached hydrogen (secondary N) is 1. The Labute approximate surface area is 117 Å². The number of carbonyl (C=O) groups excluding carboxylic acids is 1. The summed E-state index contributed by atoms with van der Waals surface area (Å²) in [4.78, 5) is 14.0. The first-order valence-corrected chi connectivity index (χ1v) is 6.08. The number of hydrogen-bond acceptors (Lipinski definition) is 4. The van der Waals surface area contributed by atoms with Gasteiger partial charge in [0.15, 0.2) is 0 Å². The van der Waals surface area contributed by atoms with Gasteiger partial charge in [-0.05, 0) is 13.5 Å². The van der Waals surface area contributed by atoms with Crippen LogP contribution in [-0.4, -0.2) is 64.9 Å². The maximum absolute atomic E-state index is 12.1. The Kier molecular flexibility index (Phi) is 14.5. The predicted molar refractivity (Wildman–Crippen MR) is 75.3 cm³/mol. The van der Waals surface area contributed by atoms with E-state index in [1.807, 2.05) is 18.9 Å². The topological polar surface area (TPSA) is 50.8 Å². The highest BCUT2D eigenvalue weighted by atomic mass is 35.5. The second kappa shape index (κ2) is 13.1. The summed E-state index contributed by atoms with van der Waals surface area (Å²) in [5, 5.41) is 3.02. The van der Waals surface area contributed by atoms with Gasteiger partial charge in [0.2, 0.25) is 5.91 Å². The molecule has 0 aliphatic rings. The van der Waals surface area contributed by atoms with Crippen LogP contribution in [0.2, 0.25) is 0 Å². The zero-order chi connectivity index (χ0) is 13.1. The van der Waals surface area contributed by atoms with E-state index in [4.69, 9.17) is 9.47 Å². The van der Waals surface area contributed by atoms with Gasteiger partial charge in [-0.3, -0.25) is 4.79 Å². The molecule has 0 saturated carbocycles. The lowest BCUT2D eigenvalue weighted by molar-refractivity contribution is -0.135. The molecule has 1 N–H and O–H groups in total. The van der Waals surface area contributed by atoms with Crippen molar-refractivity contribution in [1.29, 1.82) is 0 Å². The van der Waals surface area contributed by atoms with E-state index in [1.165, 1.54) is 0 Å². The quantitative estimate of drug-likeness (QED) is 0.602. The van der Waals surface area contributed by atoms with E-state index in [-0.39, 0.29) is 24.2 Å². The minimum absolute atomic E-state index is 0. The van der Waals surface area contributed by atoms with Crippen molar-refractivity contribution in [3.8, 4) is 0 Å². The highest BCUT2D eigenvalue weighted by Crippen LogP contribution is 2.03. The minimum atomic E-state index is -0.000555. The molecule has 110 valence electrons. The lowest BCUT2D eigenvalue weighted by Gasteiger charge is -2.25. The Morgan fingerprint density at radius 2 is 1.83 bits per heavy atom. The van der Waals surface area contributed by atoms with Crippen LogP contribution >= 0.6 is 12.4 Å². The second-order valence-corrected chi connectivity index (χ2v) is 4.12. The number of methoxy groups -OCH3 is 2. The third kappa shape index (κ3) is 8.69. The summed E-state index contributed by atoms with van der Waals surface area (Å²) in [6.07, 6.45) is 0.859. The number of carbonyl (C=O) groups is 1. The van der Waals surface area contributed by atoms with E-state index in [0.29, 0.717) is 26.3 Å². The van der Waals surface area contributed by atoms with Gasteiger partial charge in [0.1, 0.15) is 0 Å². The van der Waals surface area contributed by atoms with Gasteiger partial charge in [-0.25, -0.2) is 0 Å². The van der Waals surface area contributed by atoms with E-state index in [0.717, 1.165) is 13.0 Å². The fraction of sp³-hybridized carbons (Fsp3) is 0.917. The molecule has 0 spiro atoms. The van der Waals surface area contributed by atoms with E-state index < -0.39 is 0 Å².